The summed E-state index contributed by atoms with van der Waals surface area (Å²) in [5.74, 6) is 0.384. The van der Waals surface area contributed by atoms with Crippen LogP contribution in [0.3, 0.4) is 0 Å². The van der Waals surface area contributed by atoms with Crippen molar-refractivity contribution < 1.29 is 9.53 Å². The van der Waals surface area contributed by atoms with Crippen molar-refractivity contribution in [3.8, 4) is 11.4 Å². The molecule has 0 radical (unpaired) electrons. The summed E-state index contributed by atoms with van der Waals surface area (Å²) in [7, 11) is 1.37. The minimum Gasteiger partial charge on any atom is -0.465 e. The maximum absolute atomic E-state index is 11.9. The zero-order valence-corrected chi connectivity index (χ0v) is 14.4. The van der Waals surface area contributed by atoms with Crippen LogP contribution in [0.5, 0.6) is 0 Å². The van der Waals surface area contributed by atoms with Crippen molar-refractivity contribution in [1.82, 2.24) is 9.55 Å². The molecule has 24 heavy (non-hydrogen) atoms. The number of halogens is 2. The van der Waals surface area contributed by atoms with Gasteiger partial charge in [-0.1, -0.05) is 41.4 Å². The Morgan fingerprint density at radius 3 is 2.71 bits per heavy atom. The summed E-state index contributed by atoms with van der Waals surface area (Å²) in [6.45, 7) is 0.487. The predicted octanol–water partition coefficient (Wildman–Crippen LogP) is 4.69. The molecule has 3 rings (SSSR count). The number of hydrogen-bond acceptors (Lipinski definition) is 3. The SMILES string of the molecule is COC(=O)c1ccccc1Cn1ccnc1-c1ccc(Cl)c(Cl)c1. The first-order valence-electron chi connectivity index (χ1n) is 7.23. The van der Waals surface area contributed by atoms with E-state index in [1.165, 1.54) is 7.11 Å². The largest absolute Gasteiger partial charge is 0.465 e. The number of carbonyl (C=O) groups excluding carboxylic acids is 1. The Morgan fingerprint density at radius 2 is 1.96 bits per heavy atom. The number of ether oxygens (including phenoxy) is 1. The van der Waals surface area contributed by atoms with Gasteiger partial charge in [-0.25, -0.2) is 9.78 Å². The Balaban J connectivity index is 1.98. The number of rotatable bonds is 4. The van der Waals surface area contributed by atoms with E-state index in [1.54, 1.807) is 24.4 Å². The fourth-order valence-electron chi connectivity index (χ4n) is 2.48. The van der Waals surface area contributed by atoms with E-state index in [0.717, 1.165) is 17.0 Å². The monoisotopic (exact) mass is 360 g/mol. The molecule has 122 valence electrons. The highest BCUT2D eigenvalue weighted by Gasteiger charge is 2.14. The predicted molar refractivity (Wildman–Crippen MR) is 94.6 cm³/mol. The Labute approximate surface area is 149 Å². The lowest BCUT2D eigenvalue weighted by molar-refractivity contribution is 0.0599. The molecule has 0 bridgehead atoms. The van der Waals surface area contributed by atoms with Gasteiger partial charge in [0.25, 0.3) is 0 Å². The van der Waals surface area contributed by atoms with Gasteiger partial charge in [0, 0.05) is 24.5 Å². The van der Waals surface area contributed by atoms with Crippen molar-refractivity contribution in [3.63, 3.8) is 0 Å². The van der Waals surface area contributed by atoms with Gasteiger partial charge in [0.1, 0.15) is 5.82 Å². The molecule has 0 spiro atoms. The van der Waals surface area contributed by atoms with Gasteiger partial charge in [-0.15, -0.1) is 0 Å². The quantitative estimate of drug-likeness (QED) is 0.633. The number of esters is 1. The summed E-state index contributed by atoms with van der Waals surface area (Å²) < 4.78 is 6.79. The zero-order valence-electron chi connectivity index (χ0n) is 12.9. The lowest BCUT2D eigenvalue weighted by Gasteiger charge is -2.11. The van der Waals surface area contributed by atoms with Crippen molar-refractivity contribution in [2.24, 2.45) is 0 Å². The fraction of sp³-hybridized carbons (Fsp3) is 0.111. The van der Waals surface area contributed by atoms with E-state index in [2.05, 4.69) is 4.98 Å². The number of hydrogen-bond donors (Lipinski definition) is 0. The standard InChI is InChI=1S/C18H14Cl2N2O2/c1-24-18(23)14-5-3-2-4-13(14)11-22-9-8-21-17(22)12-6-7-15(19)16(20)10-12/h2-10H,11H2,1H3. The molecule has 1 heterocycles. The molecule has 3 aromatic rings. The normalized spacial score (nSPS) is 10.6. The second-order valence-electron chi connectivity index (χ2n) is 5.16. The highest BCUT2D eigenvalue weighted by atomic mass is 35.5. The van der Waals surface area contributed by atoms with Gasteiger partial charge in [-0.2, -0.15) is 0 Å². The van der Waals surface area contributed by atoms with Crippen molar-refractivity contribution in [2.75, 3.05) is 7.11 Å². The highest BCUT2D eigenvalue weighted by Crippen LogP contribution is 2.28. The summed E-state index contributed by atoms with van der Waals surface area (Å²) in [5.41, 5.74) is 2.24. The maximum Gasteiger partial charge on any atom is 0.338 e. The first-order chi connectivity index (χ1) is 11.6. The van der Waals surface area contributed by atoms with Crippen LogP contribution in [0.4, 0.5) is 0 Å². The average Bonchev–Trinajstić information content (AvgIpc) is 3.05. The number of aromatic nitrogens is 2. The summed E-state index contributed by atoms with van der Waals surface area (Å²) >= 11 is 12.1. The first-order valence-corrected chi connectivity index (χ1v) is 7.98. The van der Waals surface area contributed by atoms with E-state index >= 15 is 0 Å². The fourth-order valence-corrected chi connectivity index (χ4v) is 2.78. The van der Waals surface area contributed by atoms with Crippen LogP contribution in [0.15, 0.2) is 54.9 Å². The van der Waals surface area contributed by atoms with Gasteiger partial charge >= 0.3 is 5.97 Å². The molecule has 0 saturated carbocycles. The van der Waals surface area contributed by atoms with E-state index in [1.807, 2.05) is 35.0 Å². The molecule has 0 aliphatic carbocycles. The van der Waals surface area contributed by atoms with Gasteiger partial charge in [-0.05, 0) is 29.8 Å². The van der Waals surface area contributed by atoms with Gasteiger partial charge in [0.2, 0.25) is 0 Å². The summed E-state index contributed by atoms with van der Waals surface area (Å²) in [6.07, 6.45) is 3.56. The molecule has 0 aliphatic heterocycles. The summed E-state index contributed by atoms with van der Waals surface area (Å²) in [6, 6.07) is 12.7. The third-order valence-electron chi connectivity index (χ3n) is 3.66. The van der Waals surface area contributed by atoms with Crippen molar-refractivity contribution in [3.05, 3.63) is 76.0 Å². The zero-order chi connectivity index (χ0) is 17.1. The van der Waals surface area contributed by atoms with Crippen LogP contribution in [0.1, 0.15) is 15.9 Å². The average molecular weight is 361 g/mol. The molecule has 0 unspecified atom stereocenters. The van der Waals surface area contributed by atoms with Crippen LogP contribution < -0.4 is 0 Å². The number of carbonyl (C=O) groups is 1. The van der Waals surface area contributed by atoms with Crippen LogP contribution in [-0.2, 0) is 11.3 Å². The Kier molecular flexibility index (Phi) is 4.88. The van der Waals surface area contributed by atoms with Gasteiger partial charge in [0.05, 0.1) is 22.7 Å². The topological polar surface area (TPSA) is 44.1 Å². The molecule has 0 aliphatic rings. The molecular formula is C18H14Cl2N2O2. The Morgan fingerprint density at radius 1 is 1.17 bits per heavy atom. The first kappa shape index (κ1) is 16.6. The molecule has 0 atom stereocenters. The third kappa shape index (κ3) is 3.30. The van der Waals surface area contributed by atoms with E-state index in [-0.39, 0.29) is 5.97 Å². The smallest absolute Gasteiger partial charge is 0.338 e. The van der Waals surface area contributed by atoms with Crippen molar-refractivity contribution >= 4 is 29.2 Å². The second kappa shape index (κ2) is 7.07. The maximum atomic E-state index is 11.9. The van der Waals surface area contributed by atoms with Crippen LogP contribution in [0.25, 0.3) is 11.4 Å². The van der Waals surface area contributed by atoms with Crippen LogP contribution >= 0.6 is 23.2 Å². The summed E-state index contributed by atoms with van der Waals surface area (Å²) in [5, 5.41) is 0.966. The van der Waals surface area contributed by atoms with E-state index in [0.29, 0.717) is 22.2 Å². The van der Waals surface area contributed by atoms with Crippen molar-refractivity contribution in [1.29, 1.82) is 0 Å². The number of benzene rings is 2. The minimum absolute atomic E-state index is 0.359. The van der Waals surface area contributed by atoms with Crippen molar-refractivity contribution in [2.45, 2.75) is 6.54 Å². The molecule has 0 saturated heterocycles. The van der Waals surface area contributed by atoms with Crippen LogP contribution in [0.2, 0.25) is 10.0 Å². The van der Waals surface area contributed by atoms with E-state index < -0.39 is 0 Å². The molecule has 4 nitrogen and oxygen atoms in total. The Hall–Kier alpha value is -2.30. The number of methoxy groups -OCH3 is 1. The third-order valence-corrected chi connectivity index (χ3v) is 4.40. The highest BCUT2D eigenvalue weighted by molar-refractivity contribution is 6.42. The van der Waals surface area contributed by atoms with Gasteiger partial charge in [-0.3, -0.25) is 0 Å². The molecule has 0 fully saturated rings. The second-order valence-corrected chi connectivity index (χ2v) is 5.97. The summed E-state index contributed by atoms with van der Waals surface area (Å²) in [4.78, 5) is 16.3. The number of nitrogens with zero attached hydrogens (tertiary/aromatic N) is 2. The molecule has 2 aromatic carbocycles. The van der Waals surface area contributed by atoms with E-state index in [9.17, 15) is 4.79 Å². The number of imidazole rings is 1. The molecule has 0 amide bonds. The molecule has 0 N–H and O–H groups in total. The lowest BCUT2D eigenvalue weighted by atomic mass is 10.1. The van der Waals surface area contributed by atoms with E-state index in [4.69, 9.17) is 27.9 Å². The van der Waals surface area contributed by atoms with Crippen LogP contribution in [-0.4, -0.2) is 22.6 Å². The van der Waals surface area contributed by atoms with Gasteiger partial charge < -0.3 is 9.30 Å². The lowest BCUT2D eigenvalue weighted by Crippen LogP contribution is -2.09. The molecular weight excluding hydrogens is 347 g/mol. The molecule has 6 heteroatoms. The Bertz CT molecular complexity index is 890. The minimum atomic E-state index is -0.359. The molecule has 1 aromatic heterocycles. The van der Waals surface area contributed by atoms with Crippen LogP contribution in [0, 0.1) is 0 Å². The van der Waals surface area contributed by atoms with Gasteiger partial charge in [0.15, 0.2) is 0 Å².